The predicted molar refractivity (Wildman–Crippen MR) is 115 cm³/mol. The number of nitrogens with zero attached hydrogens (tertiary/aromatic N) is 3. The van der Waals surface area contributed by atoms with Crippen molar-refractivity contribution in [3.63, 3.8) is 0 Å². The number of esters is 1. The Hall–Kier alpha value is -3.25. The first kappa shape index (κ1) is 20.0. The maximum atomic E-state index is 12.7. The molecule has 154 valence electrons. The summed E-state index contributed by atoms with van der Waals surface area (Å²) < 4.78 is 5.04. The summed E-state index contributed by atoms with van der Waals surface area (Å²) >= 11 is 0. The zero-order chi connectivity index (χ0) is 21.1. The van der Waals surface area contributed by atoms with E-state index in [4.69, 9.17) is 9.72 Å². The highest BCUT2D eigenvalue weighted by atomic mass is 16.5. The van der Waals surface area contributed by atoms with Gasteiger partial charge in [0.1, 0.15) is 0 Å². The fourth-order valence-electron chi connectivity index (χ4n) is 4.01. The topological polar surface area (TPSA) is 62.7 Å². The first-order valence-electron chi connectivity index (χ1n) is 10.1. The number of para-hydroxylation sites is 1. The quantitative estimate of drug-likeness (QED) is 0.626. The molecule has 1 saturated heterocycles. The van der Waals surface area contributed by atoms with E-state index in [2.05, 4.69) is 4.90 Å². The lowest BCUT2D eigenvalue weighted by molar-refractivity contribution is 0.0593. The maximum absolute atomic E-state index is 12.7. The Labute approximate surface area is 176 Å². The smallest absolute Gasteiger partial charge is 0.340 e. The Balaban J connectivity index is 1.52. The van der Waals surface area contributed by atoms with E-state index in [1.807, 2.05) is 66.4 Å². The number of aromatic nitrogens is 1. The third kappa shape index (κ3) is 3.91. The van der Waals surface area contributed by atoms with Crippen LogP contribution >= 0.6 is 0 Å². The Morgan fingerprint density at radius 2 is 1.63 bits per heavy atom. The summed E-state index contributed by atoms with van der Waals surface area (Å²) in [6.07, 6.45) is 0. The molecular weight excluding hydrogens is 378 g/mol. The largest absolute Gasteiger partial charge is 0.465 e. The first-order chi connectivity index (χ1) is 14.6. The van der Waals surface area contributed by atoms with Gasteiger partial charge in [0.2, 0.25) is 0 Å². The van der Waals surface area contributed by atoms with Gasteiger partial charge in [0.15, 0.2) is 0 Å². The third-order valence-electron chi connectivity index (χ3n) is 5.67. The molecule has 0 atom stereocenters. The molecule has 6 nitrogen and oxygen atoms in total. The lowest BCUT2D eigenvalue weighted by atomic mass is 10.0. The second kappa shape index (κ2) is 8.63. The molecule has 2 aromatic carbocycles. The number of aryl methyl sites for hydroxylation is 1. The number of hydrogen-bond donors (Lipinski definition) is 0. The third-order valence-corrected chi connectivity index (χ3v) is 5.67. The Bertz CT molecular complexity index is 1070. The molecule has 0 saturated carbocycles. The highest BCUT2D eigenvalue weighted by Crippen LogP contribution is 2.25. The summed E-state index contributed by atoms with van der Waals surface area (Å²) in [4.78, 5) is 34.1. The van der Waals surface area contributed by atoms with Gasteiger partial charge in [-0.3, -0.25) is 14.7 Å². The molecule has 2 heterocycles. The van der Waals surface area contributed by atoms with Crippen LogP contribution in [0.5, 0.6) is 0 Å². The molecule has 1 aliphatic rings. The molecule has 30 heavy (non-hydrogen) atoms. The summed E-state index contributed by atoms with van der Waals surface area (Å²) in [5.41, 5.74) is 3.74. The van der Waals surface area contributed by atoms with Crippen LogP contribution in [-0.4, -0.2) is 59.9 Å². The van der Waals surface area contributed by atoms with Gasteiger partial charge in [0.25, 0.3) is 5.91 Å². The number of pyridine rings is 1. The summed E-state index contributed by atoms with van der Waals surface area (Å²) in [7, 11) is 1.40. The Kier molecular flexibility index (Phi) is 5.77. The van der Waals surface area contributed by atoms with Gasteiger partial charge in [0.05, 0.1) is 23.9 Å². The van der Waals surface area contributed by atoms with Crippen molar-refractivity contribution >= 4 is 22.8 Å². The number of benzene rings is 2. The number of carbonyl (C=O) groups is 2. The van der Waals surface area contributed by atoms with E-state index in [-0.39, 0.29) is 11.9 Å². The van der Waals surface area contributed by atoms with Crippen LogP contribution in [0.15, 0.2) is 54.6 Å². The van der Waals surface area contributed by atoms with Crippen LogP contribution in [0.4, 0.5) is 0 Å². The van der Waals surface area contributed by atoms with E-state index >= 15 is 0 Å². The van der Waals surface area contributed by atoms with Crippen molar-refractivity contribution in [1.82, 2.24) is 14.8 Å². The minimum atomic E-state index is -0.362. The molecule has 0 bridgehead atoms. The van der Waals surface area contributed by atoms with E-state index < -0.39 is 0 Å². The van der Waals surface area contributed by atoms with Gasteiger partial charge in [-0.15, -0.1) is 0 Å². The molecule has 0 radical (unpaired) electrons. The van der Waals surface area contributed by atoms with Crippen molar-refractivity contribution in [1.29, 1.82) is 0 Å². The normalized spacial score (nSPS) is 14.7. The number of hydrogen-bond acceptors (Lipinski definition) is 5. The summed E-state index contributed by atoms with van der Waals surface area (Å²) in [6, 6.07) is 17.2. The van der Waals surface area contributed by atoms with E-state index in [0.29, 0.717) is 30.8 Å². The molecule has 6 heteroatoms. The number of amides is 1. The first-order valence-corrected chi connectivity index (χ1v) is 10.1. The Morgan fingerprint density at radius 1 is 0.967 bits per heavy atom. The van der Waals surface area contributed by atoms with Gasteiger partial charge >= 0.3 is 5.97 Å². The maximum Gasteiger partial charge on any atom is 0.340 e. The average molecular weight is 403 g/mol. The predicted octanol–water partition coefficient (Wildman–Crippen LogP) is 3.29. The van der Waals surface area contributed by atoms with Crippen molar-refractivity contribution in [2.24, 2.45) is 0 Å². The molecule has 0 N–H and O–H groups in total. The fourth-order valence-corrected chi connectivity index (χ4v) is 4.01. The molecule has 1 fully saturated rings. The number of ether oxygens (including phenoxy) is 1. The lowest BCUT2D eigenvalue weighted by Gasteiger charge is -2.35. The van der Waals surface area contributed by atoms with Crippen LogP contribution in [0, 0.1) is 6.92 Å². The summed E-state index contributed by atoms with van der Waals surface area (Å²) in [6.45, 7) is 5.24. The highest BCUT2D eigenvalue weighted by Gasteiger charge is 2.25. The molecule has 1 aromatic heterocycles. The highest BCUT2D eigenvalue weighted by molar-refractivity contribution is 5.98. The zero-order valence-corrected chi connectivity index (χ0v) is 17.3. The number of fused-ring (bicyclic) bond motifs is 1. The minimum absolute atomic E-state index is 0.0603. The summed E-state index contributed by atoms with van der Waals surface area (Å²) in [5.74, 6) is -0.302. The molecule has 1 aliphatic heterocycles. The monoisotopic (exact) mass is 403 g/mol. The molecular formula is C24H25N3O3. The van der Waals surface area contributed by atoms with Crippen LogP contribution < -0.4 is 0 Å². The lowest BCUT2D eigenvalue weighted by Crippen LogP contribution is -2.48. The fraction of sp³-hybridized carbons (Fsp3) is 0.292. The molecule has 0 aliphatic carbocycles. The molecule has 3 aromatic rings. The number of carbonyl (C=O) groups excluding carboxylic acids is 2. The molecule has 4 rings (SSSR count). The van der Waals surface area contributed by atoms with Crippen molar-refractivity contribution in [2.75, 3.05) is 33.3 Å². The zero-order valence-electron chi connectivity index (χ0n) is 17.3. The number of piperazine rings is 1. The van der Waals surface area contributed by atoms with Crippen LogP contribution in [-0.2, 0) is 11.3 Å². The van der Waals surface area contributed by atoms with Crippen LogP contribution in [0.3, 0.4) is 0 Å². The minimum Gasteiger partial charge on any atom is -0.465 e. The van der Waals surface area contributed by atoms with Crippen LogP contribution in [0.25, 0.3) is 10.9 Å². The van der Waals surface area contributed by atoms with Crippen LogP contribution in [0.1, 0.15) is 32.0 Å². The molecule has 1 amide bonds. The number of methoxy groups -OCH3 is 1. The van der Waals surface area contributed by atoms with Gasteiger partial charge in [-0.2, -0.15) is 0 Å². The van der Waals surface area contributed by atoms with E-state index in [1.165, 1.54) is 7.11 Å². The van der Waals surface area contributed by atoms with Gasteiger partial charge in [-0.05, 0) is 30.7 Å². The van der Waals surface area contributed by atoms with E-state index in [0.717, 1.165) is 35.2 Å². The average Bonchev–Trinajstić information content (AvgIpc) is 2.79. The van der Waals surface area contributed by atoms with Gasteiger partial charge < -0.3 is 9.64 Å². The second-order valence-corrected chi connectivity index (χ2v) is 7.50. The van der Waals surface area contributed by atoms with Crippen molar-refractivity contribution in [3.8, 4) is 0 Å². The van der Waals surface area contributed by atoms with Crippen LogP contribution in [0.2, 0.25) is 0 Å². The van der Waals surface area contributed by atoms with Gasteiger partial charge in [-0.1, -0.05) is 36.4 Å². The summed E-state index contributed by atoms with van der Waals surface area (Å²) in [5, 5.41) is 0.958. The second-order valence-electron chi connectivity index (χ2n) is 7.50. The standard InChI is InChI=1S/C24H25N3O3/c1-17-19-10-6-7-11-20(19)25-21(22(17)24(29)30-2)16-26-12-14-27(15-13-26)23(28)18-8-4-3-5-9-18/h3-11H,12-16H2,1-2H3. The van der Waals surface area contributed by atoms with Crippen molar-refractivity contribution in [3.05, 3.63) is 77.0 Å². The SMILES string of the molecule is COC(=O)c1c(CN2CCN(C(=O)c3ccccc3)CC2)nc2ccccc2c1C. The molecule has 0 unspecified atom stereocenters. The van der Waals surface area contributed by atoms with E-state index in [1.54, 1.807) is 0 Å². The molecule has 0 spiro atoms. The van der Waals surface area contributed by atoms with E-state index in [9.17, 15) is 9.59 Å². The van der Waals surface area contributed by atoms with Gasteiger partial charge in [-0.25, -0.2) is 4.79 Å². The van der Waals surface area contributed by atoms with Crippen molar-refractivity contribution < 1.29 is 14.3 Å². The number of rotatable bonds is 4. The van der Waals surface area contributed by atoms with Gasteiger partial charge in [0, 0.05) is 43.7 Å². The van der Waals surface area contributed by atoms with Crippen molar-refractivity contribution in [2.45, 2.75) is 13.5 Å². The Morgan fingerprint density at radius 3 is 2.33 bits per heavy atom.